The van der Waals surface area contributed by atoms with Crippen molar-refractivity contribution in [3.63, 3.8) is 0 Å². The van der Waals surface area contributed by atoms with Gasteiger partial charge in [-0.2, -0.15) is 0 Å². The monoisotopic (exact) mass is 291 g/mol. The lowest BCUT2D eigenvalue weighted by atomic mass is 10.1. The first-order chi connectivity index (χ1) is 9.97. The summed E-state index contributed by atoms with van der Waals surface area (Å²) in [5.41, 5.74) is 7.45. The molecule has 5 nitrogen and oxygen atoms in total. The van der Waals surface area contributed by atoms with Crippen LogP contribution in [0.25, 0.3) is 0 Å². The molecule has 0 spiro atoms. The minimum absolute atomic E-state index is 0.0403. The van der Waals surface area contributed by atoms with Gasteiger partial charge in [0, 0.05) is 18.7 Å². The fourth-order valence-corrected chi connectivity index (χ4v) is 1.78. The van der Waals surface area contributed by atoms with E-state index in [4.69, 9.17) is 5.73 Å². The van der Waals surface area contributed by atoms with Gasteiger partial charge in [0.1, 0.15) is 0 Å². The van der Waals surface area contributed by atoms with Crippen molar-refractivity contribution in [1.82, 2.24) is 10.6 Å². The van der Waals surface area contributed by atoms with Gasteiger partial charge in [-0.25, -0.2) is 0 Å². The number of nitrogens with one attached hydrogen (secondary N) is 2. The van der Waals surface area contributed by atoms with Crippen LogP contribution in [0, 0.1) is 5.92 Å². The smallest absolute Gasteiger partial charge is 0.239 e. The molecular formula is C16H25N3O2. The third-order valence-electron chi connectivity index (χ3n) is 3.11. The molecule has 0 unspecified atom stereocenters. The average Bonchev–Trinajstić information content (AvgIpc) is 2.45. The third-order valence-corrected chi connectivity index (χ3v) is 3.11. The van der Waals surface area contributed by atoms with E-state index in [1.807, 2.05) is 24.3 Å². The Morgan fingerprint density at radius 2 is 1.76 bits per heavy atom. The number of carbonyl (C=O) groups excluding carboxylic acids is 2. The Kier molecular flexibility index (Phi) is 7.29. The normalized spacial score (nSPS) is 10.4. The van der Waals surface area contributed by atoms with Crippen LogP contribution in [-0.4, -0.2) is 24.9 Å². The van der Waals surface area contributed by atoms with Crippen LogP contribution < -0.4 is 16.4 Å². The zero-order chi connectivity index (χ0) is 15.7. The fourth-order valence-electron chi connectivity index (χ4n) is 1.78. The van der Waals surface area contributed by atoms with Crippen molar-refractivity contribution in [1.29, 1.82) is 0 Å². The van der Waals surface area contributed by atoms with E-state index in [2.05, 4.69) is 24.5 Å². The molecule has 0 aromatic heterocycles. The topological polar surface area (TPSA) is 84.2 Å². The van der Waals surface area contributed by atoms with E-state index < -0.39 is 0 Å². The number of carbonyl (C=O) groups is 2. The number of benzene rings is 1. The first-order valence-electron chi connectivity index (χ1n) is 7.35. The van der Waals surface area contributed by atoms with Gasteiger partial charge in [0.25, 0.3) is 0 Å². The van der Waals surface area contributed by atoms with Gasteiger partial charge in [-0.05, 0) is 36.5 Å². The molecule has 4 N–H and O–H groups in total. The summed E-state index contributed by atoms with van der Waals surface area (Å²) in [6.45, 7) is 4.72. The molecular weight excluding hydrogens is 266 g/mol. The quantitative estimate of drug-likeness (QED) is 0.634. The number of nitrogen functional groups attached to an aromatic ring is 1. The lowest BCUT2D eigenvalue weighted by Gasteiger charge is -2.08. The van der Waals surface area contributed by atoms with Crippen molar-refractivity contribution in [2.75, 3.05) is 18.8 Å². The van der Waals surface area contributed by atoms with Crippen molar-refractivity contribution in [2.24, 2.45) is 5.92 Å². The highest BCUT2D eigenvalue weighted by Crippen LogP contribution is 2.05. The lowest BCUT2D eigenvalue weighted by Crippen LogP contribution is -2.37. The van der Waals surface area contributed by atoms with Gasteiger partial charge in [0.15, 0.2) is 0 Å². The summed E-state index contributed by atoms with van der Waals surface area (Å²) < 4.78 is 0. The second kappa shape index (κ2) is 9.00. The predicted molar refractivity (Wildman–Crippen MR) is 84.6 cm³/mol. The number of hydrogen-bond donors (Lipinski definition) is 3. The van der Waals surface area contributed by atoms with Gasteiger partial charge < -0.3 is 16.4 Å². The molecule has 2 amide bonds. The van der Waals surface area contributed by atoms with E-state index >= 15 is 0 Å². The molecule has 0 aliphatic carbocycles. The van der Waals surface area contributed by atoms with E-state index in [1.165, 1.54) is 0 Å². The maximum absolute atomic E-state index is 11.6. The molecule has 1 aromatic carbocycles. The molecule has 0 aliphatic rings. The predicted octanol–water partition coefficient (Wildman–Crippen LogP) is 1.48. The van der Waals surface area contributed by atoms with Crippen molar-refractivity contribution in [2.45, 2.75) is 33.1 Å². The molecule has 116 valence electrons. The summed E-state index contributed by atoms with van der Waals surface area (Å²) in [7, 11) is 0. The Morgan fingerprint density at radius 1 is 1.10 bits per heavy atom. The maximum atomic E-state index is 11.6. The van der Waals surface area contributed by atoms with Gasteiger partial charge in [-0.15, -0.1) is 0 Å². The van der Waals surface area contributed by atoms with Gasteiger partial charge >= 0.3 is 0 Å². The highest BCUT2D eigenvalue weighted by Gasteiger charge is 2.06. The molecule has 0 saturated heterocycles. The van der Waals surface area contributed by atoms with Crippen LogP contribution in [0.15, 0.2) is 24.3 Å². The Morgan fingerprint density at radius 3 is 2.38 bits per heavy atom. The van der Waals surface area contributed by atoms with Crippen LogP contribution >= 0.6 is 0 Å². The Hall–Kier alpha value is -2.04. The van der Waals surface area contributed by atoms with Crippen molar-refractivity contribution < 1.29 is 9.59 Å². The molecule has 0 atom stereocenters. The van der Waals surface area contributed by atoms with Crippen molar-refractivity contribution in [3.8, 4) is 0 Å². The molecule has 0 heterocycles. The minimum Gasteiger partial charge on any atom is -0.399 e. The van der Waals surface area contributed by atoms with Crippen molar-refractivity contribution in [3.05, 3.63) is 29.8 Å². The molecule has 0 radical (unpaired) electrons. The minimum atomic E-state index is -0.164. The summed E-state index contributed by atoms with van der Waals surface area (Å²) in [5.74, 6) is 0.255. The lowest BCUT2D eigenvalue weighted by molar-refractivity contribution is -0.126. The maximum Gasteiger partial charge on any atom is 0.239 e. The highest BCUT2D eigenvalue weighted by atomic mass is 16.2. The van der Waals surface area contributed by atoms with Crippen LogP contribution in [0.1, 0.15) is 32.3 Å². The zero-order valence-corrected chi connectivity index (χ0v) is 12.8. The second-order valence-electron chi connectivity index (χ2n) is 5.55. The standard InChI is InChI=1S/C16H25N3O2/c1-12(2)3-8-15(20)19-11-16(21)18-10-9-13-4-6-14(17)7-5-13/h4-7,12H,3,8-11,17H2,1-2H3,(H,18,21)(H,19,20). The molecule has 5 heteroatoms. The molecule has 0 bridgehead atoms. The number of amides is 2. The average molecular weight is 291 g/mol. The van der Waals surface area contributed by atoms with Crippen LogP contribution in [-0.2, 0) is 16.0 Å². The van der Waals surface area contributed by atoms with Gasteiger partial charge in [-0.1, -0.05) is 26.0 Å². The van der Waals surface area contributed by atoms with E-state index in [1.54, 1.807) is 0 Å². The first-order valence-corrected chi connectivity index (χ1v) is 7.35. The van der Waals surface area contributed by atoms with E-state index in [0.717, 1.165) is 24.1 Å². The number of anilines is 1. The molecule has 1 rings (SSSR count). The Bertz CT molecular complexity index is 455. The number of nitrogens with two attached hydrogens (primary N) is 1. The Labute approximate surface area is 126 Å². The van der Waals surface area contributed by atoms with Gasteiger partial charge in [-0.3, -0.25) is 9.59 Å². The summed E-state index contributed by atoms with van der Waals surface area (Å²) in [6.07, 6.45) is 2.05. The Balaban J connectivity index is 2.13. The van der Waals surface area contributed by atoms with E-state index in [-0.39, 0.29) is 18.4 Å². The summed E-state index contributed by atoms with van der Waals surface area (Å²) in [4.78, 5) is 23.1. The highest BCUT2D eigenvalue weighted by molar-refractivity contribution is 5.84. The zero-order valence-electron chi connectivity index (χ0n) is 12.8. The van der Waals surface area contributed by atoms with E-state index in [9.17, 15) is 9.59 Å². The summed E-state index contributed by atoms with van der Waals surface area (Å²) in [5, 5.41) is 5.41. The van der Waals surface area contributed by atoms with Gasteiger partial charge in [0.2, 0.25) is 11.8 Å². The van der Waals surface area contributed by atoms with Crippen LogP contribution in [0.2, 0.25) is 0 Å². The largest absolute Gasteiger partial charge is 0.399 e. The molecule has 0 aliphatic heterocycles. The summed E-state index contributed by atoms with van der Waals surface area (Å²) >= 11 is 0. The fraction of sp³-hybridized carbons (Fsp3) is 0.500. The van der Waals surface area contributed by atoms with Crippen LogP contribution in [0.5, 0.6) is 0 Å². The SMILES string of the molecule is CC(C)CCC(=O)NCC(=O)NCCc1ccc(N)cc1. The summed E-state index contributed by atoms with van der Waals surface area (Å²) in [6, 6.07) is 7.56. The van der Waals surface area contributed by atoms with Crippen molar-refractivity contribution >= 4 is 17.5 Å². The third kappa shape index (κ3) is 7.97. The van der Waals surface area contributed by atoms with E-state index in [0.29, 0.717) is 18.9 Å². The molecule has 0 saturated carbocycles. The van der Waals surface area contributed by atoms with Gasteiger partial charge in [0.05, 0.1) is 6.54 Å². The number of hydrogen-bond acceptors (Lipinski definition) is 3. The molecule has 21 heavy (non-hydrogen) atoms. The second-order valence-corrected chi connectivity index (χ2v) is 5.55. The number of rotatable bonds is 8. The van der Waals surface area contributed by atoms with Crippen LogP contribution in [0.4, 0.5) is 5.69 Å². The molecule has 0 fully saturated rings. The molecule has 1 aromatic rings. The van der Waals surface area contributed by atoms with Crippen LogP contribution in [0.3, 0.4) is 0 Å². The first kappa shape index (κ1) is 17.0.